The average molecular weight is 601 g/mol. The molecule has 2 aliphatic carbocycles. The van der Waals surface area contributed by atoms with Crippen molar-refractivity contribution in [3.05, 3.63) is 111 Å². The second-order valence-corrected chi connectivity index (χ2v) is 16.5. The van der Waals surface area contributed by atoms with Crippen LogP contribution >= 0.6 is 24.8 Å². The van der Waals surface area contributed by atoms with E-state index in [9.17, 15) is 0 Å². The van der Waals surface area contributed by atoms with Gasteiger partial charge in [0.2, 0.25) is 0 Å². The van der Waals surface area contributed by atoms with Gasteiger partial charge in [0.1, 0.15) is 0 Å². The molecule has 2 aromatic rings. The van der Waals surface area contributed by atoms with Crippen LogP contribution in [0.1, 0.15) is 74.9 Å². The monoisotopic (exact) mass is 598 g/mol. The largest absolute Gasteiger partial charge is 0.147 e. The molecule has 0 heterocycles. The van der Waals surface area contributed by atoms with Gasteiger partial charge in [0.15, 0.2) is 0 Å². The third-order valence-corrected chi connectivity index (χ3v) is 17.3. The average Bonchev–Trinajstić information content (AvgIpc) is 3.15. The van der Waals surface area contributed by atoms with Crippen molar-refractivity contribution in [3.63, 3.8) is 0 Å². The van der Waals surface area contributed by atoms with Gasteiger partial charge in [0.05, 0.1) is 0 Å². The molecule has 0 aliphatic heterocycles. The maximum Gasteiger partial charge on any atom is -0.147 e. The molecule has 0 saturated carbocycles. The van der Waals surface area contributed by atoms with E-state index in [1.165, 1.54) is 50.1 Å². The fraction of sp³-hybridized carbons (Fsp3) is 0.364. The number of benzene rings is 2. The normalized spacial score (nSPS) is 19.1. The Kier molecular flexibility index (Phi) is 10.4. The molecule has 2 atom stereocenters. The van der Waals surface area contributed by atoms with Crippen molar-refractivity contribution < 1.29 is 21.3 Å². The van der Waals surface area contributed by atoms with Gasteiger partial charge in [-0.05, 0) is 0 Å². The first-order chi connectivity index (χ1) is 16.0. The van der Waals surface area contributed by atoms with E-state index >= 15 is 0 Å². The Morgan fingerprint density at radius 2 is 1.19 bits per heavy atom. The molecular weight excluding hydrogens is 558 g/mol. The van der Waals surface area contributed by atoms with Crippen LogP contribution in [-0.4, -0.2) is 3.21 Å². The van der Waals surface area contributed by atoms with Crippen molar-refractivity contribution >= 4 is 28.0 Å². The molecule has 0 bridgehead atoms. The molecule has 0 nitrogen and oxygen atoms in total. The van der Waals surface area contributed by atoms with Crippen LogP contribution in [0.2, 0.25) is 0 Å². The van der Waals surface area contributed by atoms with Gasteiger partial charge in [-0.15, -0.1) is 24.8 Å². The van der Waals surface area contributed by atoms with Crippen molar-refractivity contribution in [1.82, 2.24) is 0 Å². The number of rotatable bonds is 4. The SMILES string of the molecule is CC1=CC(C)[C]([Zr]([C]2=C(C)C=C(C)C2C)=[C](c2ccc(C)cc2C)c2ccc(C)cc2C)=C1C.Cl.Cl. The molecule has 0 saturated heterocycles. The van der Waals surface area contributed by atoms with Crippen LogP contribution in [-0.2, 0) is 21.3 Å². The summed E-state index contributed by atoms with van der Waals surface area (Å²) < 4.78 is 5.23. The topological polar surface area (TPSA) is 0 Å². The molecule has 192 valence electrons. The Morgan fingerprint density at radius 1 is 0.694 bits per heavy atom. The molecule has 36 heavy (non-hydrogen) atoms. The molecule has 0 fully saturated rings. The van der Waals surface area contributed by atoms with E-state index < -0.39 is 21.3 Å². The zero-order valence-electron chi connectivity index (χ0n) is 23.6. The van der Waals surface area contributed by atoms with Crippen LogP contribution < -0.4 is 0 Å². The second-order valence-electron chi connectivity index (χ2n) is 10.8. The quantitative estimate of drug-likeness (QED) is 0.328. The molecule has 0 N–H and O–H groups in total. The van der Waals surface area contributed by atoms with Crippen LogP contribution in [0.4, 0.5) is 0 Å². The summed E-state index contributed by atoms with van der Waals surface area (Å²) in [5.41, 5.74) is 14.6. The van der Waals surface area contributed by atoms with Gasteiger partial charge >= 0.3 is 216 Å². The van der Waals surface area contributed by atoms with Crippen molar-refractivity contribution in [1.29, 1.82) is 0 Å². The van der Waals surface area contributed by atoms with Gasteiger partial charge in [-0.25, -0.2) is 0 Å². The first-order valence-electron chi connectivity index (χ1n) is 12.7. The third kappa shape index (κ3) is 5.60. The maximum atomic E-state index is 2.52. The van der Waals surface area contributed by atoms with Gasteiger partial charge < -0.3 is 0 Å². The molecule has 2 unspecified atom stereocenters. The zero-order valence-corrected chi connectivity index (χ0v) is 27.7. The Bertz CT molecular complexity index is 1290. The fourth-order valence-corrected chi connectivity index (χ4v) is 16.3. The number of aryl methyl sites for hydroxylation is 4. The summed E-state index contributed by atoms with van der Waals surface area (Å²) in [4.78, 5) is 0. The van der Waals surface area contributed by atoms with Gasteiger partial charge in [0.25, 0.3) is 0 Å². The van der Waals surface area contributed by atoms with Crippen LogP contribution in [0.25, 0.3) is 0 Å². The van der Waals surface area contributed by atoms with Crippen molar-refractivity contribution in [2.45, 2.75) is 69.2 Å². The smallest absolute Gasteiger partial charge is 0.147 e. The summed E-state index contributed by atoms with van der Waals surface area (Å²) in [6.07, 6.45) is 4.99. The van der Waals surface area contributed by atoms with Gasteiger partial charge in [-0.2, -0.15) is 0 Å². The Labute approximate surface area is 239 Å². The minimum absolute atomic E-state index is 0. The van der Waals surface area contributed by atoms with E-state index in [1.54, 1.807) is 15.3 Å². The predicted molar refractivity (Wildman–Crippen MR) is 161 cm³/mol. The van der Waals surface area contributed by atoms with Gasteiger partial charge in [0, 0.05) is 0 Å². The summed E-state index contributed by atoms with van der Waals surface area (Å²) in [5.74, 6) is 1.06. The Hall–Kier alpha value is -1.27. The predicted octanol–water partition coefficient (Wildman–Crippen LogP) is 9.69. The second kappa shape index (κ2) is 12.1. The van der Waals surface area contributed by atoms with Crippen LogP contribution in [0.5, 0.6) is 0 Å². The summed E-state index contributed by atoms with van der Waals surface area (Å²) in [6.45, 7) is 23.4. The fourth-order valence-electron chi connectivity index (χ4n) is 6.10. The van der Waals surface area contributed by atoms with Gasteiger partial charge in [-0.1, -0.05) is 0 Å². The van der Waals surface area contributed by atoms with E-state index in [0.29, 0.717) is 11.8 Å². The maximum absolute atomic E-state index is 2.56. The number of hydrogen-bond acceptors (Lipinski definition) is 0. The summed E-state index contributed by atoms with van der Waals surface area (Å²) in [6, 6.07) is 14.2. The number of allylic oxidation sites excluding steroid dienone is 8. The van der Waals surface area contributed by atoms with E-state index in [1.807, 2.05) is 0 Å². The minimum atomic E-state index is -2.56. The molecule has 0 amide bonds. The van der Waals surface area contributed by atoms with Crippen LogP contribution in [0.3, 0.4) is 0 Å². The molecule has 2 aliphatic rings. The molecule has 0 radical (unpaired) electrons. The van der Waals surface area contributed by atoms with Crippen LogP contribution in [0.15, 0.2) is 77.4 Å². The third-order valence-electron chi connectivity index (χ3n) is 8.03. The molecular formula is C33H42Cl2Zr. The zero-order chi connectivity index (χ0) is 24.9. The van der Waals surface area contributed by atoms with E-state index in [4.69, 9.17) is 0 Å². The minimum Gasteiger partial charge on any atom is -0.147 e. The van der Waals surface area contributed by atoms with Crippen LogP contribution in [0, 0.1) is 39.5 Å². The molecule has 2 aromatic carbocycles. The van der Waals surface area contributed by atoms with Crippen molar-refractivity contribution in [2.24, 2.45) is 11.8 Å². The number of halogens is 2. The van der Waals surface area contributed by atoms with Crippen molar-refractivity contribution in [2.75, 3.05) is 0 Å². The van der Waals surface area contributed by atoms with E-state index in [0.717, 1.165) is 0 Å². The molecule has 0 aromatic heterocycles. The van der Waals surface area contributed by atoms with E-state index in [-0.39, 0.29) is 24.8 Å². The first-order valence-corrected chi connectivity index (χ1v) is 16.4. The Balaban J connectivity index is 0.00000228. The molecule has 4 rings (SSSR count). The molecule has 0 spiro atoms. The summed E-state index contributed by atoms with van der Waals surface area (Å²) >= 11 is -2.56. The van der Waals surface area contributed by atoms with Gasteiger partial charge in [-0.3, -0.25) is 0 Å². The number of hydrogen-bond donors (Lipinski definition) is 0. The summed E-state index contributed by atoms with van der Waals surface area (Å²) in [5, 5.41) is 0. The first kappa shape index (κ1) is 31.0. The van der Waals surface area contributed by atoms with E-state index in [2.05, 4.69) is 118 Å². The summed E-state index contributed by atoms with van der Waals surface area (Å²) in [7, 11) is 0. The molecule has 3 heteroatoms. The standard InChI is InChI=1S/C17H18.2C8H11.2ClH.Zr/c1-12-5-7-16(14(3)9-12)11-17-8-6-13(2)10-15(17)4;2*1-6-4-7(2)8(3)5-6;;;/h5-10H,1-4H3;4,8H,1-3H3;4,6H,1-3H3;2*1H;. The Morgan fingerprint density at radius 3 is 1.56 bits per heavy atom. The van der Waals surface area contributed by atoms with Crippen molar-refractivity contribution in [3.8, 4) is 0 Å².